The van der Waals surface area contributed by atoms with E-state index >= 15 is 0 Å². The van der Waals surface area contributed by atoms with Gasteiger partial charge in [-0.25, -0.2) is 4.68 Å². The number of halogens is 2. The minimum Gasteiger partial charge on any atom is -0.486 e. The molecule has 11 nitrogen and oxygen atoms in total. The molecule has 0 aliphatic rings. The lowest BCUT2D eigenvalue weighted by Crippen LogP contribution is -2.06. The van der Waals surface area contributed by atoms with E-state index in [1.807, 2.05) is 30.3 Å². The van der Waals surface area contributed by atoms with Gasteiger partial charge in [-0.05, 0) is 55.5 Å². The van der Waals surface area contributed by atoms with Gasteiger partial charge in [0, 0.05) is 24.3 Å². The summed E-state index contributed by atoms with van der Waals surface area (Å²) in [6.07, 6.45) is 0. The lowest BCUT2D eigenvalue weighted by molar-refractivity contribution is -0.385. The molecule has 1 heterocycles. The molecule has 0 saturated carbocycles. The van der Waals surface area contributed by atoms with Gasteiger partial charge in [-0.2, -0.15) is 0 Å². The predicted octanol–water partition coefficient (Wildman–Crippen LogP) is 5.68. The van der Waals surface area contributed by atoms with Gasteiger partial charge in [0.2, 0.25) is 0 Å². The minimum absolute atomic E-state index is 0.00112. The predicted molar refractivity (Wildman–Crippen MR) is 144 cm³/mol. The van der Waals surface area contributed by atoms with Gasteiger partial charge in [0.05, 0.1) is 25.3 Å². The first-order valence-electron chi connectivity index (χ1n) is 10.9. The molecule has 0 amide bonds. The Hall–Kier alpha value is -4.28. The molecule has 0 aliphatic carbocycles. The molecule has 0 saturated heterocycles. The second-order valence-corrected chi connectivity index (χ2v) is 9.36. The molecule has 1 aromatic heterocycles. The summed E-state index contributed by atoms with van der Waals surface area (Å²) in [5.74, 6) is 6.78. The second-order valence-electron chi connectivity index (χ2n) is 7.65. The van der Waals surface area contributed by atoms with Crippen LogP contribution in [0.2, 0.25) is 0 Å². The van der Waals surface area contributed by atoms with Crippen molar-refractivity contribution in [3.05, 3.63) is 113 Å². The lowest BCUT2D eigenvalue weighted by atomic mass is 10.2. The molecule has 0 atom stereocenters. The van der Waals surface area contributed by atoms with Crippen LogP contribution in [0.4, 0.5) is 11.4 Å². The fraction of sp³-hybridized carbons (Fsp3) is 0.120. The van der Waals surface area contributed by atoms with E-state index in [0.717, 1.165) is 5.56 Å². The zero-order valence-electron chi connectivity index (χ0n) is 19.4. The van der Waals surface area contributed by atoms with Crippen LogP contribution in [0, 0.1) is 32.1 Å². The number of aromatic nitrogens is 3. The molecule has 4 rings (SSSR count). The third-order valence-electron chi connectivity index (χ3n) is 5.10. The zero-order valence-corrected chi connectivity index (χ0v) is 22.6. The summed E-state index contributed by atoms with van der Waals surface area (Å²) in [6, 6.07) is 18.1. The van der Waals surface area contributed by atoms with Crippen LogP contribution in [-0.4, -0.2) is 31.4 Å². The maximum Gasteiger partial charge on any atom is 0.270 e. The van der Waals surface area contributed by atoms with Crippen LogP contribution in [0.3, 0.4) is 0 Å². The molecular weight excluding hydrogens is 626 g/mol. The molecule has 0 aliphatic heterocycles. The van der Waals surface area contributed by atoms with Crippen molar-refractivity contribution in [1.29, 1.82) is 0 Å². The maximum absolute atomic E-state index is 11.0. The topological polar surface area (TPSA) is 135 Å². The Balaban J connectivity index is 1.53. The number of benzene rings is 3. The normalized spacial score (nSPS) is 10.4. The van der Waals surface area contributed by atoms with Crippen molar-refractivity contribution in [1.82, 2.24) is 15.0 Å². The summed E-state index contributed by atoms with van der Waals surface area (Å²) in [7, 11) is 0. The molecule has 0 unspecified atom stereocenters. The molecule has 0 fully saturated rings. The monoisotopic (exact) mass is 641 g/mol. The van der Waals surface area contributed by atoms with Crippen LogP contribution in [0.5, 0.6) is 11.5 Å². The van der Waals surface area contributed by atoms with Crippen molar-refractivity contribution in [3.63, 3.8) is 0 Å². The molecule has 0 radical (unpaired) electrons. The van der Waals surface area contributed by atoms with Crippen LogP contribution in [-0.2, 0) is 13.2 Å². The SMILES string of the molecule is O=[N+]([O-])c1ccc(OCC#Cc2c(COc3ccc([N+](=O)[O-])cc3Br)nnn2Cc2ccccc2)c(Br)c1. The Labute approximate surface area is 232 Å². The average Bonchev–Trinajstić information content (AvgIpc) is 3.27. The van der Waals surface area contributed by atoms with Crippen molar-refractivity contribution < 1.29 is 19.3 Å². The van der Waals surface area contributed by atoms with Crippen LogP contribution in [0.25, 0.3) is 0 Å². The average molecular weight is 643 g/mol. The van der Waals surface area contributed by atoms with E-state index in [1.54, 1.807) is 4.68 Å². The Morgan fingerprint density at radius 3 is 2.05 bits per heavy atom. The van der Waals surface area contributed by atoms with Crippen molar-refractivity contribution in [2.75, 3.05) is 6.61 Å². The van der Waals surface area contributed by atoms with E-state index in [4.69, 9.17) is 9.47 Å². The van der Waals surface area contributed by atoms with Crippen molar-refractivity contribution in [3.8, 4) is 23.3 Å². The highest BCUT2D eigenvalue weighted by molar-refractivity contribution is 9.10. The van der Waals surface area contributed by atoms with Gasteiger partial charge in [0.25, 0.3) is 11.4 Å². The number of rotatable bonds is 9. The smallest absolute Gasteiger partial charge is 0.270 e. The lowest BCUT2D eigenvalue weighted by Gasteiger charge is -2.07. The number of non-ortho nitro benzene ring substituents is 2. The quantitative estimate of drug-likeness (QED) is 0.129. The number of nitro groups is 2. The molecular formula is C25H17Br2N5O6. The number of hydrogen-bond acceptors (Lipinski definition) is 8. The highest BCUT2D eigenvalue weighted by Gasteiger charge is 2.15. The van der Waals surface area contributed by atoms with Gasteiger partial charge >= 0.3 is 0 Å². The fourth-order valence-electron chi connectivity index (χ4n) is 3.27. The standard InChI is InChI=1S/C25H17Br2N5O6/c26-20-13-18(31(33)34)8-10-24(20)37-12-4-7-23-22(28-29-30(23)15-17-5-2-1-3-6-17)16-38-25-11-9-19(32(35)36)14-21(25)27/h1-3,5-6,8-11,13-14H,12,15-16H2. The Bertz CT molecular complexity index is 1550. The summed E-state index contributed by atoms with van der Waals surface area (Å²) >= 11 is 6.56. The third kappa shape index (κ3) is 6.72. The second kappa shape index (κ2) is 12.3. The summed E-state index contributed by atoms with van der Waals surface area (Å²) in [5, 5.41) is 30.4. The van der Waals surface area contributed by atoms with E-state index in [0.29, 0.717) is 38.4 Å². The Morgan fingerprint density at radius 1 is 0.868 bits per heavy atom. The van der Waals surface area contributed by atoms with Crippen molar-refractivity contribution in [2.24, 2.45) is 0 Å². The summed E-state index contributed by atoms with van der Waals surface area (Å²) in [6.45, 7) is 0.443. The molecule has 0 spiro atoms. The van der Waals surface area contributed by atoms with E-state index in [9.17, 15) is 20.2 Å². The number of nitro benzene ring substituents is 2. The highest BCUT2D eigenvalue weighted by Crippen LogP contribution is 2.30. The van der Waals surface area contributed by atoms with E-state index in [2.05, 4.69) is 54.0 Å². The maximum atomic E-state index is 11.0. The van der Waals surface area contributed by atoms with Crippen LogP contribution < -0.4 is 9.47 Å². The number of ether oxygens (including phenoxy) is 2. The molecule has 0 bridgehead atoms. The van der Waals surface area contributed by atoms with Crippen LogP contribution in [0.15, 0.2) is 75.7 Å². The summed E-state index contributed by atoms with van der Waals surface area (Å²) < 4.78 is 14.0. The molecule has 38 heavy (non-hydrogen) atoms. The summed E-state index contributed by atoms with van der Waals surface area (Å²) in [4.78, 5) is 20.9. The van der Waals surface area contributed by atoms with Crippen LogP contribution in [0.1, 0.15) is 17.0 Å². The van der Waals surface area contributed by atoms with E-state index in [-0.39, 0.29) is 24.6 Å². The van der Waals surface area contributed by atoms with Crippen molar-refractivity contribution >= 4 is 43.2 Å². The van der Waals surface area contributed by atoms with Gasteiger partial charge < -0.3 is 9.47 Å². The fourth-order valence-corrected chi connectivity index (χ4v) is 4.23. The molecule has 192 valence electrons. The first-order chi connectivity index (χ1) is 18.3. The first kappa shape index (κ1) is 26.8. The Morgan fingerprint density at radius 2 is 1.47 bits per heavy atom. The molecule has 3 aromatic carbocycles. The number of nitrogens with zero attached hydrogens (tertiary/aromatic N) is 5. The molecule has 13 heteroatoms. The van der Waals surface area contributed by atoms with Crippen LogP contribution >= 0.6 is 31.9 Å². The number of hydrogen-bond donors (Lipinski definition) is 0. The van der Waals surface area contributed by atoms with Gasteiger partial charge in [0.1, 0.15) is 36.1 Å². The van der Waals surface area contributed by atoms with Crippen molar-refractivity contribution in [2.45, 2.75) is 13.2 Å². The third-order valence-corrected chi connectivity index (χ3v) is 6.34. The zero-order chi connectivity index (χ0) is 27.1. The molecule has 0 N–H and O–H groups in total. The van der Waals surface area contributed by atoms with Gasteiger partial charge in [0.15, 0.2) is 0 Å². The van der Waals surface area contributed by atoms with Gasteiger partial charge in [-0.1, -0.05) is 41.5 Å². The van der Waals surface area contributed by atoms with Gasteiger partial charge in [-0.15, -0.1) is 5.10 Å². The summed E-state index contributed by atoms with van der Waals surface area (Å²) in [5.41, 5.74) is 1.85. The minimum atomic E-state index is -0.492. The molecule has 4 aromatic rings. The largest absolute Gasteiger partial charge is 0.486 e. The van der Waals surface area contributed by atoms with Gasteiger partial charge in [-0.3, -0.25) is 20.2 Å². The highest BCUT2D eigenvalue weighted by atomic mass is 79.9. The Kier molecular flexibility index (Phi) is 8.67. The first-order valence-corrected chi connectivity index (χ1v) is 12.5. The van der Waals surface area contributed by atoms with E-state index in [1.165, 1.54) is 36.4 Å². The van der Waals surface area contributed by atoms with E-state index < -0.39 is 9.85 Å².